The molecule has 0 aliphatic carbocycles. The molecule has 0 N–H and O–H groups in total. The molecule has 6 heteroatoms. The highest BCUT2D eigenvalue weighted by atomic mass is 19.4. The van der Waals surface area contributed by atoms with Gasteiger partial charge < -0.3 is 0 Å². The van der Waals surface area contributed by atoms with E-state index in [2.05, 4.69) is 159 Å². The first-order chi connectivity index (χ1) is 34.4. The van der Waals surface area contributed by atoms with Crippen LogP contribution < -0.4 is 0 Å². The SMILES string of the molecule is CC.CC(C)C.CCC.CCC(C)(C)C.CCC(C)C.CCC(C)C(F)(F)F.CCCC.CCCC(C)(C)C.CCCC(C)C.CCCC(C)C(F)(F)F.CCCCC.[2H]C(C)(C)C.[2H]C([2H])(C)C(C)(C)C.[2H]C([2H])(C)CC. The van der Waals surface area contributed by atoms with Crippen molar-refractivity contribution in [1.82, 2.24) is 0 Å². The zero-order valence-corrected chi connectivity index (χ0v) is 58.5. The monoisotopic (exact) mass is 1080 g/mol. The molecule has 0 rings (SSSR count). The zero-order chi connectivity index (χ0) is 67.2. The predicted molar refractivity (Wildman–Crippen MR) is 339 cm³/mol. The van der Waals surface area contributed by atoms with Crippen LogP contribution in [0, 0.1) is 51.7 Å². The lowest BCUT2D eigenvalue weighted by Crippen LogP contribution is -2.19. The summed E-state index contributed by atoms with van der Waals surface area (Å²) in [7, 11) is 0. The van der Waals surface area contributed by atoms with Gasteiger partial charge in [0.25, 0.3) is 0 Å². The number of rotatable bonds is 11. The maximum Gasteiger partial charge on any atom is 0.391 e. The zero-order valence-electron chi connectivity index (χ0n) is 63.5. The second-order valence-corrected chi connectivity index (χ2v) is 23.8. The summed E-state index contributed by atoms with van der Waals surface area (Å²) in [5.41, 5.74) is 0.863. The molecule has 2 atom stereocenters. The Kier molecular flexibility index (Phi) is 104. The molecule has 0 radical (unpaired) electrons. The molecule has 0 aromatic carbocycles. The van der Waals surface area contributed by atoms with E-state index in [0.29, 0.717) is 23.7 Å². The van der Waals surface area contributed by atoms with E-state index in [1.807, 2.05) is 62.3 Å². The van der Waals surface area contributed by atoms with Crippen LogP contribution >= 0.6 is 0 Å². The van der Waals surface area contributed by atoms with Crippen LogP contribution in [-0.2, 0) is 0 Å². The summed E-state index contributed by atoms with van der Waals surface area (Å²) in [5, 5.41) is 0. The van der Waals surface area contributed by atoms with Crippen LogP contribution in [0.15, 0.2) is 0 Å². The fraction of sp³-hybridized carbons (Fsp3) is 1.00. The van der Waals surface area contributed by atoms with Gasteiger partial charge >= 0.3 is 12.4 Å². The topological polar surface area (TPSA) is 0 Å². The third-order valence-corrected chi connectivity index (χ3v) is 8.51. The van der Waals surface area contributed by atoms with E-state index in [1.54, 1.807) is 20.8 Å². The predicted octanol–water partition coefficient (Wildman–Crippen LogP) is 29.4. The Bertz CT molecular complexity index is 932. The van der Waals surface area contributed by atoms with Gasteiger partial charge in [-0.3, -0.25) is 0 Å². The van der Waals surface area contributed by atoms with Crippen LogP contribution in [0.25, 0.3) is 0 Å². The summed E-state index contributed by atoms with van der Waals surface area (Å²) in [6.45, 7) is 76.8. The Morgan fingerprint density at radius 1 is 0.384 bits per heavy atom. The Morgan fingerprint density at radius 3 is 0.644 bits per heavy atom. The van der Waals surface area contributed by atoms with Gasteiger partial charge in [-0.15, -0.1) is 0 Å². The minimum absolute atomic E-state index is 0.170. The van der Waals surface area contributed by atoms with Crippen molar-refractivity contribution in [2.75, 3.05) is 0 Å². The average Bonchev–Trinajstić information content (AvgIpc) is 3.23. The van der Waals surface area contributed by atoms with Crippen LogP contribution in [0.1, 0.15) is 385 Å². The molecule has 0 heterocycles. The number of hydrogen-bond acceptors (Lipinski definition) is 0. The highest BCUT2D eigenvalue weighted by molar-refractivity contribution is 4.61. The van der Waals surface area contributed by atoms with Crippen molar-refractivity contribution in [1.29, 1.82) is 0 Å². The van der Waals surface area contributed by atoms with Gasteiger partial charge in [0.05, 0.1) is 11.8 Å². The summed E-state index contributed by atoms with van der Waals surface area (Å²) >= 11 is 0. The maximum atomic E-state index is 11.6. The second-order valence-electron chi connectivity index (χ2n) is 23.8. The van der Waals surface area contributed by atoms with E-state index in [-0.39, 0.29) is 24.2 Å². The number of hydrogen-bond donors (Lipinski definition) is 0. The lowest BCUT2D eigenvalue weighted by molar-refractivity contribution is -0.171. The Balaban J connectivity index is -0.0000000477. The Morgan fingerprint density at radius 2 is 0.630 bits per heavy atom. The van der Waals surface area contributed by atoms with Crippen molar-refractivity contribution in [3.63, 3.8) is 0 Å². The highest BCUT2D eigenvalue weighted by Gasteiger charge is 2.35. The first kappa shape index (κ1) is 92.0. The van der Waals surface area contributed by atoms with Gasteiger partial charge in [0, 0.05) is 6.85 Å². The van der Waals surface area contributed by atoms with E-state index >= 15 is 0 Å². The van der Waals surface area contributed by atoms with E-state index in [9.17, 15) is 26.3 Å². The summed E-state index contributed by atoms with van der Waals surface area (Å²) in [6, 6.07) is 0. The molecular weight excluding hydrogens is 919 g/mol. The van der Waals surface area contributed by atoms with Crippen molar-refractivity contribution in [3.05, 3.63) is 0 Å². The molecule has 0 saturated carbocycles. The van der Waals surface area contributed by atoms with Crippen LogP contribution in [0.3, 0.4) is 0 Å². The third-order valence-electron chi connectivity index (χ3n) is 8.51. The van der Waals surface area contributed by atoms with Crippen LogP contribution in [0.2, 0.25) is 0 Å². The van der Waals surface area contributed by atoms with E-state index in [4.69, 9.17) is 6.85 Å². The quantitative estimate of drug-likeness (QED) is 0.181. The molecule has 0 bridgehead atoms. The minimum atomic E-state index is -3.99. The van der Waals surface area contributed by atoms with Gasteiger partial charge in [0.1, 0.15) is 0 Å². The molecule has 0 aromatic rings. The van der Waals surface area contributed by atoms with Gasteiger partial charge in [0.2, 0.25) is 0 Å². The van der Waals surface area contributed by atoms with E-state index in [0.717, 1.165) is 17.8 Å². The lowest BCUT2D eigenvalue weighted by Gasteiger charge is -2.15. The number of unbranched alkanes of at least 4 members (excludes halogenated alkanes) is 3. The van der Waals surface area contributed by atoms with Crippen molar-refractivity contribution >= 4 is 0 Å². The van der Waals surface area contributed by atoms with Crippen LogP contribution in [-0.4, -0.2) is 12.4 Å². The number of alkyl halides is 6. The summed E-state index contributed by atoms with van der Waals surface area (Å²) in [6.07, 6.45) is 7.51. The largest absolute Gasteiger partial charge is 0.391 e. The van der Waals surface area contributed by atoms with Crippen molar-refractivity contribution < 1.29 is 33.2 Å². The van der Waals surface area contributed by atoms with Crippen LogP contribution in [0.5, 0.6) is 0 Å². The minimum Gasteiger partial charge on any atom is -0.171 e. The van der Waals surface area contributed by atoms with Crippen molar-refractivity contribution in [2.45, 2.75) is 391 Å². The molecule has 0 fully saturated rings. The molecule has 0 nitrogen and oxygen atoms in total. The summed E-state index contributed by atoms with van der Waals surface area (Å²) < 4.78 is 104. The molecule has 0 aliphatic heterocycles. The lowest BCUT2D eigenvalue weighted by atomic mass is 9.91. The van der Waals surface area contributed by atoms with Gasteiger partial charge in [-0.1, -0.05) is 359 Å². The standard InChI is InChI=1S/C7H16.C6H11F3.3C6H14.C5H9F3.2C5H12.4C4H10.C3H8.C2H6/c1-5-6-7(2,3)4;1-3-4-5(2)6(7,8)9;2*1-5-6(2,3)4;1-4-5-6(2)3;1-3-4(2)5(6,7)8;1-4-5(2)3;1-3-5-4-2;2*1-4(2)3;2*1-3-4-2;1-3-2;1-2/h5-6H2,1-4H3;5H,3-4H2,1-2H3;2*5H2,1-4H3;6H,4-5H2,1-3H3;4H,3H2,1-2H3;5H,4H2,1-3H3;3-5H2,1-2H3;2*4H,1-3H3;2*3-4H2,1-2H3;3H2,1-2H3;1-2H3/i;;5D2;;;;;;4D;;3D2;;;. The molecule has 0 aromatic heterocycles. The maximum absolute atomic E-state index is 11.6. The molecule has 73 heavy (non-hydrogen) atoms. The molecule has 0 amide bonds. The normalized spacial score (nSPS) is 12.6. The number of halogens is 6. The first-order valence-electron chi connectivity index (χ1n) is 32.5. The van der Waals surface area contributed by atoms with E-state index in [1.165, 1.54) is 97.8 Å². The molecule has 0 spiro atoms. The van der Waals surface area contributed by atoms with Gasteiger partial charge in [-0.25, -0.2) is 0 Å². The summed E-state index contributed by atoms with van der Waals surface area (Å²) in [5.74, 6) is 0.0787. The van der Waals surface area contributed by atoms with Gasteiger partial charge in [-0.2, -0.15) is 26.3 Å². The second kappa shape index (κ2) is 82.9. The van der Waals surface area contributed by atoms with Gasteiger partial charge in [-0.05, 0) is 59.2 Å². The molecule has 2 unspecified atom stereocenters. The van der Waals surface area contributed by atoms with Crippen molar-refractivity contribution in [3.8, 4) is 0 Å². The molecule has 0 saturated heterocycles. The van der Waals surface area contributed by atoms with Crippen molar-refractivity contribution in [2.24, 2.45) is 51.7 Å². The highest BCUT2D eigenvalue weighted by Crippen LogP contribution is 2.29. The Hall–Kier alpha value is -0.420. The molecular formula is C67H156F6. The van der Waals surface area contributed by atoms with E-state index < -0.39 is 36.9 Å². The molecule has 466 valence electrons. The third kappa shape index (κ3) is 274. The molecule has 0 aliphatic rings. The summed E-state index contributed by atoms with van der Waals surface area (Å²) in [4.78, 5) is 0. The fourth-order valence-corrected chi connectivity index (χ4v) is 2.51. The fourth-order valence-electron chi connectivity index (χ4n) is 2.51. The first-order valence-corrected chi connectivity index (χ1v) is 30.0. The Labute approximate surface area is 474 Å². The average molecular weight is 1080 g/mol. The van der Waals surface area contributed by atoms with Crippen LogP contribution in [0.4, 0.5) is 26.3 Å². The smallest absolute Gasteiger partial charge is 0.171 e. The van der Waals surface area contributed by atoms with Gasteiger partial charge in [0.15, 0.2) is 0 Å².